The second-order valence-corrected chi connectivity index (χ2v) is 9.19. The smallest absolute Gasteiger partial charge is 0.158 e. The van der Waals surface area contributed by atoms with Crippen molar-refractivity contribution in [2.45, 2.75) is 59.3 Å². The van der Waals surface area contributed by atoms with Crippen molar-refractivity contribution in [2.24, 2.45) is 7.05 Å². The summed E-state index contributed by atoms with van der Waals surface area (Å²) in [7, 11) is 2.12. The highest BCUT2D eigenvalue weighted by Crippen LogP contribution is 2.38. The van der Waals surface area contributed by atoms with Crippen LogP contribution in [-0.4, -0.2) is 16.3 Å². The Bertz CT molecular complexity index is 930. The van der Waals surface area contributed by atoms with Crippen LogP contribution in [0.25, 0.3) is 0 Å². The van der Waals surface area contributed by atoms with Crippen molar-refractivity contribution in [1.29, 1.82) is 0 Å². The van der Waals surface area contributed by atoms with E-state index in [1.807, 2.05) is 11.3 Å². The zero-order valence-electron chi connectivity index (χ0n) is 17.6. The van der Waals surface area contributed by atoms with Gasteiger partial charge >= 0.3 is 0 Å². The van der Waals surface area contributed by atoms with E-state index < -0.39 is 0 Å². The molecule has 0 N–H and O–H groups in total. The van der Waals surface area contributed by atoms with E-state index >= 15 is 0 Å². The van der Waals surface area contributed by atoms with Gasteiger partial charge in [-0.2, -0.15) is 5.10 Å². The minimum atomic E-state index is 1.06. The number of fused-ring (bicyclic) bond motifs is 1. The molecule has 1 aliphatic rings. The van der Waals surface area contributed by atoms with Crippen LogP contribution in [0.15, 0.2) is 29.6 Å². The lowest BCUT2D eigenvalue weighted by Crippen LogP contribution is -2.26. The molecule has 0 spiro atoms. The summed E-state index contributed by atoms with van der Waals surface area (Å²) in [5.41, 5.74) is 8.32. The molecule has 0 fully saturated rings. The molecule has 0 bridgehead atoms. The standard InChI is InChI=1S/C24H31N3S/c1-17-15-18(2)23(19(3)16-17)27-13-7-11-21-22(26(4)25-24(21)27)12-6-5-9-20-10-8-14-28-20/h8,10,14-16H,5-7,9,11-13H2,1-4H3. The van der Waals surface area contributed by atoms with Gasteiger partial charge in [-0.3, -0.25) is 4.68 Å². The van der Waals surface area contributed by atoms with Crippen LogP contribution in [0.2, 0.25) is 0 Å². The summed E-state index contributed by atoms with van der Waals surface area (Å²) >= 11 is 1.87. The fourth-order valence-electron chi connectivity index (χ4n) is 4.76. The van der Waals surface area contributed by atoms with E-state index in [9.17, 15) is 0 Å². The van der Waals surface area contributed by atoms with Gasteiger partial charge in [-0.1, -0.05) is 23.8 Å². The maximum absolute atomic E-state index is 4.99. The molecule has 0 saturated heterocycles. The van der Waals surface area contributed by atoms with Gasteiger partial charge < -0.3 is 4.90 Å². The molecule has 4 rings (SSSR count). The first kappa shape index (κ1) is 19.3. The largest absolute Gasteiger partial charge is 0.324 e. The van der Waals surface area contributed by atoms with Crippen molar-refractivity contribution in [3.63, 3.8) is 0 Å². The molecule has 3 nitrogen and oxygen atoms in total. The number of rotatable bonds is 6. The maximum atomic E-state index is 4.99. The van der Waals surface area contributed by atoms with Crippen LogP contribution in [-0.2, 0) is 26.3 Å². The minimum absolute atomic E-state index is 1.06. The van der Waals surface area contributed by atoms with Gasteiger partial charge in [0.15, 0.2) is 5.82 Å². The van der Waals surface area contributed by atoms with Gasteiger partial charge in [0.2, 0.25) is 0 Å². The number of anilines is 2. The number of benzene rings is 1. The molecule has 0 radical (unpaired) electrons. The number of unbranched alkanes of at least 4 members (excludes halogenated alkanes) is 1. The minimum Gasteiger partial charge on any atom is -0.324 e. The van der Waals surface area contributed by atoms with E-state index in [4.69, 9.17) is 5.10 Å². The maximum Gasteiger partial charge on any atom is 0.158 e. The molecule has 0 saturated carbocycles. The van der Waals surface area contributed by atoms with Crippen LogP contribution in [0.3, 0.4) is 0 Å². The first-order valence-corrected chi connectivity index (χ1v) is 11.3. The highest BCUT2D eigenvalue weighted by atomic mass is 32.1. The van der Waals surface area contributed by atoms with E-state index in [1.54, 1.807) is 0 Å². The average Bonchev–Trinajstić information content (AvgIpc) is 3.26. The zero-order valence-corrected chi connectivity index (χ0v) is 18.4. The lowest BCUT2D eigenvalue weighted by Gasteiger charge is -2.31. The van der Waals surface area contributed by atoms with Crippen LogP contribution in [0, 0.1) is 20.8 Å². The summed E-state index contributed by atoms with van der Waals surface area (Å²) in [5, 5.41) is 7.16. The molecule has 0 unspecified atom stereocenters. The Morgan fingerprint density at radius 3 is 2.54 bits per heavy atom. The van der Waals surface area contributed by atoms with Crippen molar-refractivity contribution in [2.75, 3.05) is 11.4 Å². The number of aromatic nitrogens is 2. The van der Waals surface area contributed by atoms with Crippen molar-refractivity contribution in [3.05, 3.63) is 62.5 Å². The molecule has 148 valence electrons. The monoisotopic (exact) mass is 393 g/mol. The summed E-state index contributed by atoms with van der Waals surface area (Å²) in [4.78, 5) is 3.97. The Balaban J connectivity index is 1.55. The number of hydrogen-bond acceptors (Lipinski definition) is 3. The van der Waals surface area contributed by atoms with Crippen LogP contribution < -0.4 is 4.90 Å². The van der Waals surface area contributed by atoms with Crippen LogP contribution in [0.5, 0.6) is 0 Å². The van der Waals surface area contributed by atoms with Gasteiger partial charge in [-0.15, -0.1) is 11.3 Å². The summed E-state index contributed by atoms with van der Waals surface area (Å²) in [6.07, 6.45) is 7.17. The van der Waals surface area contributed by atoms with Crippen LogP contribution in [0.1, 0.15) is 52.1 Å². The third kappa shape index (κ3) is 3.75. The van der Waals surface area contributed by atoms with E-state index in [1.165, 1.54) is 70.0 Å². The summed E-state index contributed by atoms with van der Waals surface area (Å²) in [6.45, 7) is 7.71. The molecular weight excluding hydrogens is 362 g/mol. The molecular formula is C24H31N3S. The van der Waals surface area contributed by atoms with E-state index in [0.29, 0.717) is 0 Å². The van der Waals surface area contributed by atoms with Crippen LogP contribution >= 0.6 is 11.3 Å². The predicted molar refractivity (Wildman–Crippen MR) is 120 cm³/mol. The fourth-order valence-corrected chi connectivity index (χ4v) is 5.51. The number of aryl methyl sites for hydroxylation is 5. The topological polar surface area (TPSA) is 21.1 Å². The second-order valence-electron chi connectivity index (χ2n) is 8.16. The van der Waals surface area contributed by atoms with E-state index in [-0.39, 0.29) is 0 Å². The van der Waals surface area contributed by atoms with Crippen molar-refractivity contribution in [1.82, 2.24) is 9.78 Å². The number of nitrogens with zero attached hydrogens (tertiary/aromatic N) is 3. The highest BCUT2D eigenvalue weighted by molar-refractivity contribution is 7.09. The molecule has 1 aromatic carbocycles. The lowest BCUT2D eigenvalue weighted by atomic mass is 9.98. The van der Waals surface area contributed by atoms with Crippen LogP contribution in [0.4, 0.5) is 11.5 Å². The molecule has 28 heavy (non-hydrogen) atoms. The quantitative estimate of drug-likeness (QED) is 0.475. The Morgan fingerprint density at radius 2 is 1.82 bits per heavy atom. The van der Waals surface area contributed by atoms with Crippen molar-refractivity contribution in [3.8, 4) is 0 Å². The molecule has 1 aliphatic heterocycles. The fraction of sp³-hybridized carbons (Fsp3) is 0.458. The van der Waals surface area contributed by atoms with E-state index in [0.717, 1.165) is 19.4 Å². The van der Waals surface area contributed by atoms with Crippen molar-refractivity contribution >= 4 is 22.8 Å². The third-order valence-electron chi connectivity index (χ3n) is 5.89. The second kappa shape index (κ2) is 8.12. The SMILES string of the molecule is Cc1cc(C)c(N2CCCc3c2nn(C)c3CCCCc2cccs2)c(C)c1. The van der Waals surface area contributed by atoms with E-state index in [2.05, 4.69) is 67.0 Å². The Morgan fingerprint density at radius 1 is 1.07 bits per heavy atom. The zero-order chi connectivity index (χ0) is 19.7. The average molecular weight is 394 g/mol. The summed E-state index contributed by atoms with van der Waals surface area (Å²) < 4.78 is 2.15. The summed E-state index contributed by atoms with van der Waals surface area (Å²) in [5.74, 6) is 1.19. The molecule has 3 heterocycles. The van der Waals surface area contributed by atoms with Gasteiger partial charge in [0.25, 0.3) is 0 Å². The Kier molecular flexibility index (Phi) is 5.58. The van der Waals surface area contributed by atoms with Gasteiger partial charge in [-0.05, 0) is 81.9 Å². The highest BCUT2D eigenvalue weighted by Gasteiger charge is 2.27. The van der Waals surface area contributed by atoms with Gasteiger partial charge in [0.1, 0.15) is 0 Å². The number of thiophene rings is 1. The Labute approximate surface area is 173 Å². The number of hydrogen-bond donors (Lipinski definition) is 0. The Hall–Kier alpha value is -2.07. The van der Waals surface area contributed by atoms with Crippen molar-refractivity contribution < 1.29 is 0 Å². The predicted octanol–water partition coefficient (Wildman–Crippen LogP) is 6.06. The first-order valence-electron chi connectivity index (χ1n) is 10.5. The van der Waals surface area contributed by atoms with Gasteiger partial charge in [0, 0.05) is 35.4 Å². The third-order valence-corrected chi connectivity index (χ3v) is 6.83. The van der Waals surface area contributed by atoms with Gasteiger partial charge in [0.05, 0.1) is 0 Å². The molecule has 2 aromatic heterocycles. The lowest BCUT2D eigenvalue weighted by molar-refractivity contribution is 0.658. The van der Waals surface area contributed by atoms with Gasteiger partial charge in [-0.25, -0.2) is 0 Å². The molecule has 4 heteroatoms. The summed E-state index contributed by atoms with van der Waals surface area (Å²) in [6, 6.07) is 9.00. The molecule has 0 atom stereocenters. The first-order chi connectivity index (χ1) is 13.5. The normalized spacial score (nSPS) is 13.8. The molecule has 0 aliphatic carbocycles. The molecule has 0 amide bonds. The molecule has 3 aromatic rings.